The van der Waals surface area contributed by atoms with Crippen LogP contribution in [0.1, 0.15) is 30.3 Å². The van der Waals surface area contributed by atoms with E-state index in [0.29, 0.717) is 26.7 Å². The maximum atomic E-state index is 12.1. The van der Waals surface area contributed by atoms with Crippen LogP contribution < -0.4 is 4.90 Å². The Labute approximate surface area is 167 Å². The number of hydrogen-bond donors (Lipinski definition) is 1. The fourth-order valence-corrected chi connectivity index (χ4v) is 4.32. The average Bonchev–Trinajstić information content (AvgIpc) is 3.06. The monoisotopic (exact) mass is 400 g/mol. The summed E-state index contributed by atoms with van der Waals surface area (Å²) in [7, 11) is 0. The highest BCUT2D eigenvalue weighted by Gasteiger charge is 2.30. The summed E-state index contributed by atoms with van der Waals surface area (Å²) in [5.74, 6) is -1.10. The van der Waals surface area contributed by atoms with Gasteiger partial charge in [-0.2, -0.15) is 0 Å². The predicted octanol–water partition coefficient (Wildman–Crippen LogP) is 5.90. The SMILES string of the molecule is CC1CCCN1c1c(-c2ccccc2Cl)c(C(=O)O)nc2c(Cl)cccc12. The minimum absolute atomic E-state index is 0.0298. The second-order valence-electron chi connectivity index (χ2n) is 6.79. The van der Waals surface area contributed by atoms with Gasteiger partial charge in [0.25, 0.3) is 0 Å². The molecule has 1 fully saturated rings. The number of carboxylic acids is 1. The highest BCUT2D eigenvalue weighted by molar-refractivity contribution is 6.36. The fraction of sp³-hybridized carbons (Fsp3) is 0.238. The minimum Gasteiger partial charge on any atom is -0.476 e. The van der Waals surface area contributed by atoms with Gasteiger partial charge in [-0.3, -0.25) is 0 Å². The lowest BCUT2D eigenvalue weighted by Crippen LogP contribution is -2.28. The quantitative estimate of drug-likeness (QED) is 0.594. The molecule has 0 aliphatic carbocycles. The van der Waals surface area contributed by atoms with Gasteiger partial charge in [0.1, 0.15) is 0 Å². The van der Waals surface area contributed by atoms with E-state index in [1.807, 2.05) is 30.3 Å². The molecular formula is C21H18Cl2N2O2. The van der Waals surface area contributed by atoms with Crippen molar-refractivity contribution < 1.29 is 9.90 Å². The molecule has 1 aromatic heterocycles. The summed E-state index contributed by atoms with van der Waals surface area (Å²) in [5, 5.41) is 11.7. The molecule has 0 bridgehead atoms. The van der Waals surface area contributed by atoms with Crippen molar-refractivity contribution in [2.45, 2.75) is 25.8 Å². The molecule has 4 nitrogen and oxygen atoms in total. The van der Waals surface area contributed by atoms with Crippen LogP contribution in [0.15, 0.2) is 42.5 Å². The number of carbonyl (C=O) groups is 1. The molecule has 1 unspecified atom stereocenters. The Kier molecular flexibility index (Phi) is 4.70. The van der Waals surface area contributed by atoms with E-state index in [-0.39, 0.29) is 11.7 Å². The number of benzene rings is 2. The van der Waals surface area contributed by atoms with Crippen LogP contribution in [0.3, 0.4) is 0 Å². The lowest BCUT2D eigenvalue weighted by molar-refractivity contribution is 0.0692. The van der Waals surface area contributed by atoms with Crippen molar-refractivity contribution in [2.75, 3.05) is 11.4 Å². The molecule has 3 aromatic rings. The van der Waals surface area contributed by atoms with Crippen LogP contribution in [0.2, 0.25) is 10.0 Å². The molecule has 27 heavy (non-hydrogen) atoms. The number of aromatic carboxylic acids is 1. The van der Waals surface area contributed by atoms with E-state index in [1.165, 1.54) is 0 Å². The zero-order valence-corrected chi connectivity index (χ0v) is 16.3. The van der Waals surface area contributed by atoms with Crippen molar-refractivity contribution in [3.8, 4) is 11.1 Å². The smallest absolute Gasteiger partial charge is 0.355 e. The number of hydrogen-bond acceptors (Lipinski definition) is 3. The third-order valence-corrected chi connectivity index (χ3v) is 5.76. The molecular weight excluding hydrogens is 383 g/mol. The molecule has 138 valence electrons. The van der Waals surface area contributed by atoms with Gasteiger partial charge >= 0.3 is 5.97 Å². The first-order valence-electron chi connectivity index (χ1n) is 8.86. The third-order valence-electron chi connectivity index (χ3n) is 5.13. The van der Waals surface area contributed by atoms with Crippen LogP contribution in [0.4, 0.5) is 5.69 Å². The normalized spacial score (nSPS) is 16.9. The summed E-state index contributed by atoms with van der Waals surface area (Å²) >= 11 is 12.8. The summed E-state index contributed by atoms with van der Waals surface area (Å²) in [6, 6.07) is 13.1. The summed E-state index contributed by atoms with van der Waals surface area (Å²) in [4.78, 5) is 18.8. The van der Waals surface area contributed by atoms with Crippen molar-refractivity contribution in [3.05, 3.63) is 58.2 Å². The molecule has 4 rings (SSSR count). The molecule has 2 heterocycles. The molecule has 0 amide bonds. The lowest BCUT2D eigenvalue weighted by atomic mass is 9.97. The van der Waals surface area contributed by atoms with Crippen molar-refractivity contribution >= 4 is 45.8 Å². The average molecular weight is 401 g/mol. The van der Waals surface area contributed by atoms with E-state index >= 15 is 0 Å². The zero-order valence-electron chi connectivity index (χ0n) is 14.7. The molecule has 6 heteroatoms. The van der Waals surface area contributed by atoms with Crippen LogP contribution in [-0.4, -0.2) is 28.6 Å². The molecule has 2 aromatic carbocycles. The molecule has 1 aliphatic heterocycles. The second-order valence-corrected chi connectivity index (χ2v) is 7.60. The van der Waals surface area contributed by atoms with Crippen LogP contribution in [0.5, 0.6) is 0 Å². The molecule has 1 saturated heterocycles. The molecule has 1 aliphatic rings. The van der Waals surface area contributed by atoms with E-state index in [2.05, 4.69) is 16.8 Å². The molecule has 0 spiro atoms. The van der Waals surface area contributed by atoms with Crippen molar-refractivity contribution in [1.29, 1.82) is 0 Å². The van der Waals surface area contributed by atoms with Crippen LogP contribution in [-0.2, 0) is 0 Å². The van der Waals surface area contributed by atoms with Crippen molar-refractivity contribution in [3.63, 3.8) is 0 Å². The molecule has 0 saturated carbocycles. The number of anilines is 1. The van der Waals surface area contributed by atoms with Gasteiger partial charge in [-0.1, -0.05) is 53.5 Å². The van der Waals surface area contributed by atoms with Gasteiger partial charge in [-0.15, -0.1) is 0 Å². The maximum Gasteiger partial charge on any atom is 0.355 e. The fourth-order valence-electron chi connectivity index (χ4n) is 3.87. The summed E-state index contributed by atoms with van der Waals surface area (Å²) in [6.45, 7) is 3.00. The van der Waals surface area contributed by atoms with Gasteiger partial charge in [0, 0.05) is 34.1 Å². The van der Waals surface area contributed by atoms with E-state index in [0.717, 1.165) is 30.5 Å². The lowest BCUT2D eigenvalue weighted by Gasteiger charge is -2.29. The molecule has 0 radical (unpaired) electrons. The van der Waals surface area contributed by atoms with Gasteiger partial charge in [-0.25, -0.2) is 9.78 Å². The van der Waals surface area contributed by atoms with Crippen LogP contribution >= 0.6 is 23.2 Å². The number of carboxylic acid groups (broad SMARTS) is 1. The Balaban J connectivity index is 2.18. The zero-order chi connectivity index (χ0) is 19.1. The Hall–Kier alpha value is -2.30. The van der Waals surface area contributed by atoms with Crippen LogP contribution in [0.25, 0.3) is 22.0 Å². The number of aromatic nitrogens is 1. The van der Waals surface area contributed by atoms with Gasteiger partial charge in [-0.05, 0) is 31.9 Å². The van der Waals surface area contributed by atoms with Gasteiger partial charge in [0.15, 0.2) is 5.69 Å². The van der Waals surface area contributed by atoms with E-state index in [4.69, 9.17) is 23.2 Å². The topological polar surface area (TPSA) is 53.4 Å². The number of fused-ring (bicyclic) bond motifs is 1. The maximum absolute atomic E-state index is 12.1. The molecule has 1 atom stereocenters. The molecule has 1 N–H and O–H groups in total. The number of pyridine rings is 1. The number of nitrogens with zero attached hydrogens (tertiary/aromatic N) is 2. The predicted molar refractivity (Wildman–Crippen MR) is 110 cm³/mol. The van der Waals surface area contributed by atoms with Gasteiger partial charge < -0.3 is 10.0 Å². The third kappa shape index (κ3) is 3.03. The summed E-state index contributed by atoms with van der Waals surface area (Å²) in [6.07, 6.45) is 2.10. The first-order chi connectivity index (χ1) is 13.0. The Morgan fingerprint density at radius 1 is 1.15 bits per heavy atom. The number of para-hydroxylation sites is 1. The standard InChI is InChI=1S/C21H18Cl2N2O2/c1-12-6-5-11-25(12)20-14-8-4-10-16(23)18(14)24-19(21(26)27)17(20)13-7-2-3-9-15(13)22/h2-4,7-10,12H,5-6,11H2,1H3,(H,26,27). The van der Waals surface area contributed by atoms with Gasteiger partial charge in [0.2, 0.25) is 0 Å². The number of halogens is 2. The summed E-state index contributed by atoms with van der Waals surface area (Å²) in [5.41, 5.74) is 2.54. The Morgan fingerprint density at radius 3 is 2.56 bits per heavy atom. The first-order valence-corrected chi connectivity index (χ1v) is 9.61. The van der Waals surface area contributed by atoms with E-state index in [1.54, 1.807) is 12.1 Å². The van der Waals surface area contributed by atoms with E-state index < -0.39 is 5.97 Å². The minimum atomic E-state index is -1.10. The van der Waals surface area contributed by atoms with Crippen molar-refractivity contribution in [2.24, 2.45) is 0 Å². The largest absolute Gasteiger partial charge is 0.476 e. The van der Waals surface area contributed by atoms with Crippen LogP contribution in [0, 0.1) is 0 Å². The van der Waals surface area contributed by atoms with Gasteiger partial charge in [0.05, 0.1) is 16.2 Å². The van der Waals surface area contributed by atoms with E-state index in [9.17, 15) is 9.90 Å². The number of rotatable bonds is 3. The Morgan fingerprint density at radius 2 is 1.89 bits per heavy atom. The Bertz CT molecular complexity index is 1050. The summed E-state index contributed by atoms with van der Waals surface area (Å²) < 4.78 is 0. The second kappa shape index (κ2) is 7.02. The first kappa shape index (κ1) is 18.1. The highest BCUT2D eigenvalue weighted by Crippen LogP contribution is 2.45. The highest BCUT2D eigenvalue weighted by atomic mass is 35.5. The van der Waals surface area contributed by atoms with Crippen molar-refractivity contribution in [1.82, 2.24) is 4.98 Å².